The van der Waals surface area contributed by atoms with Gasteiger partial charge >= 0.3 is 0 Å². The number of carbonyl (C=O) groups is 1. The summed E-state index contributed by atoms with van der Waals surface area (Å²) < 4.78 is 7.11. The molecule has 3 heterocycles. The van der Waals surface area contributed by atoms with E-state index < -0.39 is 5.91 Å². The van der Waals surface area contributed by atoms with Gasteiger partial charge in [-0.1, -0.05) is 0 Å². The Hall–Kier alpha value is -4.47. The number of carbonyl (C=O) groups excluding carboxylic acids is 1. The van der Waals surface area contributed by atoms with Gasteiger partial charge in [-0.25, -0.2) is 9.97 Å². The molecule has 0 aliphatic heterocycles. The number of pyridine rings is 3. The maximum atomic E-state index is 12.3. The molecule has 0 saturated heterocycles. The first kappa shape index (κ1) is 21.2. The predicted molar refractivity (Wildman–Crippen MR) is 118 cm³/mol. The molecule has 0 unspecified atom stereocenters. The van der Waals surface area contributed by atoms with Crippen molar-refractivity contribution in [2.75, 3.05) is 17.7 Å². The molecule has 0 aliphatic rings. The van der Waals surface area contributed by atoms with Gasteiger partial charge in [0.15, 0.2) is 0 Å². The third-order valence-corrected chi connectivity index (χ3v) is 4.03. The van der Waals surface area contributed by atoms with Gasteiger partial charge in [0.05, 0.1) is 11.9 Å². The maximum Gasteiger partial charge on any atom is 0.263 e. The molecule has 4 N–H and O–H groups in total. The van der Waals surface area contributed by atoms with Crippen LogP contribution >= 0.6 is 0 Å². The fraction of sp³-hybridized carbons (Fsp3) is 0.0952. The van der Waals surface area contributed by atoms with E-state index in [2.05, 4.69) is 25.6 Å². The topological polar surface area (TPSA) is 137 Å². The molecule has 0 aromatic carbocycles. The number of nitrogens with two attached hydrogens (primary N) is 1. The van der Waals surface area contributed by atoms with E-state index in [9.17, 15) is 9.59 Å². The van der Waals surface area contributed by atoms with Gasteiger partial charge < -0.3 is 25.7 Å². The number of nitrogens with one attached hydrogen (secondary N) is 2. The largest absolute Gasteiger partial charge is 0.456 e. The molecular formula is C21H21N7O3. The highest BCUT2D eigenvalue weighted by atomic mass is 16.5. The molecule has 1 amide bonds. The van der Waals surface area contributed by atoms with Crippen LogP contribution in [0.5, 0.6) is 11.5 Å². The van der Waals surface area contributed by atoms with Crippen molar-refractivity contribution in [3.63, 3.8) is 0 Å². The van der Waals surface area contributed by atoms with E-state index in [1.807, 2.05) is 0 Å². The summed E-state index contributed by atoms with van der Waals surface area (Å²) in [5.41, 5.74) is 5.76. The zero-order valence-electron chi connectivity index (χ0n) is 16.9. The second-order valence-electron chi connectivity index (χ2n) is 6.28. The number of hydrogen-bond acceptors (Lipinski definition) is 8. The van der Waals surface area contributed by atoms with Crippen LogP contribution < -0.4 is 26.7 Å². The smallest absolute Gasteiger partial charge is 0.263 e. The van der Waals surface area contributed by atoms with E-state index in [-0.39, 0.29) is 16.9 Å². The molecule has 0 atom stereocenters. The normalized spacial score (nSPS) is 11.4. The summed E-state index contributed by atoms with van der Waals surface area (Å²) in [6, 6.07) is 9.68. The lowest BCUT2D eigenvalue weighted by molar-refractivity contribution is 0.102. The number of anilines is 2. The molecule has 3 rings (SSSR count). The second-order valence-corrected chi connectivity index (χ2v) is 6.28. The van der Waals surface area contributed by atoms with Crippen molar-refractivity contribution in [3.8, 4) is 11.5 Å². The first-order valence-corrected chi connectivity index (χ1v) is 9.18. The van der Waals surface area contributed by atoms with Gasteiger partial charge in [0.1, 0.15) is 28.7 Å². The van der Waals surface area contributed by atoms with Crippen molar-refractivity contribution >= 4 is 23.8 Å². The highest BCUT2D eigenvalue weighted by Crippen LogP contribution is 2.23. The van der Waals surface area contributed by atoms with Gasteiger partial charge in [-0.05, 0) is 30.3 Å². The molecule has 0 radical (unpaired) electrons. The molecule has 0 spiro atoms. The van der Waals surface area contributed by atoms with Gasteiger partial charge in [0.2, 0.25) is 0 Å². The Balaban J connectivity index is 1.67. The molecule has 0 saturated carbocycles. The predicted octanol–water partition coefficient (Wildman–Crippen LogP) is 2.13. The fourth-order valence-electron chi connectivity index (χ4n) is 2.55. The summed E-state index contributed by atoms with van der Waals surface area (Å²) in [5.74, 6) is 1.25. The lowest BCUT2D eigenvalue weighted by Crippen LogP contribution is -2.27. The van der Waals surface area contributed by atoms with Crippen molar-refractivity contribution < 1.29 is 9.53 Å². The highest BCUT2D eigenvalue weighted by molar-refractivity contribution is 6.03. The molecule has 158 valence electrons. The Bertz CT molecular complexity index is 1180. The standard InChI is InChI=1S/C21H21N7O3/c1-23-12-14(11-22)26-19-10-15(7-8-24-19)31-16-5-6-18(25-13-16)27-20(29)17-4-3-9-28(2)21(17)30/h3-13H,22H2,1-2H3,(H,24,26)(H,25,27,29). The van der Waals surface area contributed by atoms with E-state index >= 15 is 0 Å². The minimum absolute atomic E-state index is 0.0305. The van der Waals surface area contributed by atoms with Gasteiger partial charge in [-0.15, -0.1) is 0 Å². The molecule has 31 heavy (non-hydrogen) atoms. The van der Waals surface area contributed by atoms with Crippen LogP contribution in [0, 0.1) is 0 Å². The zero-order chi connectivity index (χ0) is 22.2. The van der Waals surface area contributed by atoms with Crippen LogP contribution in [-0.4, -0.2) is 33.7 Å². The third kappa shape index (κ3) is 5.54. The SMILES string of the molecule is CN=CC(=CN)Nc1cc(Oc2ccc(NC(=O)c3cccn(C)c3=O)nc2)ccn1. The van der Waals surface area contributed by atoms with Crippen molar-refractivity contribution in [2.24, 2.45) is 17.8 Å². The molecule has 3 aromatic rings. The van der Waals surface area contributed by atoms with E-state index in [0.717, 1.165) is 0 Å². The first-order chi connectivity index (χ1) is 15.0. The number of ether oxygens (including phenoxy) is 1. The summed E-state index contributed by atoms with van der Waals surface area (Å²) >= 11 is 0. The molecule has 0 fully saturated rings. The Morgan fingerprint density at radius 3 is 2.71 bits per heavy atom. The third-order valence-electron chi connectivity index (χ3n) is 4.03. The fourth-order valence-corrected chi connectivity index (χ4v) is 2.55. The number of rotatable bonds is 7. The average molecular weight is 419 g/mol. The van der Waals surface area contributed by atoms with Crippen molar-refractivity contribution in [3.05, 3.63) is 82.8 Å². The molecule has 10 nitrogen and oxygen atoms in total. The van der Waals surface area contributed by atoms with Crippen LogP contribution in [0.15, 0.2) is 76.7 Å². The minimum Gasteiger partial charge on any atom is -0.456 e. The number of amides is 1. The van der Waals surface area contributed by atoms with Gasteiger partial charge in [-0.2, -0.15) is 0 Å². The van der Waals surface area contributed by atoms with Crippen molar-refractivity contribution in [1.29, 1.82) is 0 Å². The Morgan fingerprint density at radius 2 is 2.00 bits per heavy atom. The number of aromatic nitrogens is 3. The van der Waals surface area contributed by atoms with Crippen molar-refractivity contribution in [1.82, 2.24) is 14.5 Å². The quantitative estimate of drug-likeness (QED) is 0.499. The Kier molecular flexibility index (Phi) is 6.74. The molecular weight excluding hydrogens is 398 g/mol. The van der Waals surface area contributed by atoms with E-state index in [1.54, 1.807) is 63.0 Å². The van der Waals surface area contributed by atoms with Crippen LogP contribution in [0.1, 0.15) is 10.4 Å². The second kappa shape index (κ2) is 9.83. The average Bonchev–Trinajstić information content (AvgIpc) is 2.77. The summed E-state index contributed by atoms with van der Waals surface area (Å²) in [6.45, 7) is 0. The lowest BCUT2D eigenvalue weighted by Gasteiger charge is -2.09. The number of aliphatic imine (C=N–C) groups is 1. The summed E-state index contributed by atoms with van der Waals surface area (Å²) in [4.78, 5) is 36.6. The summed E-state index contributed by atoms with van der Waals surface area (Å²) in [6.07, 6.45) is 7.56. The number of aryl methyl sites for hydroxylation is 1. The number of allylic oxidation sites excluding steroid dienone is 1. The number of nitrogens with zero attached hydrogens (tertiary/aromatic N) is 4. The van der Waals surface area contributed by atoms with E-state index in [4.69, 9.17) is 10.5 Å². The maximum absolute atomic E-state index is 12.3. The van der Waals surface area contributed by atoms with E-state index in [1.165, 1.54) is 23.0 Å². The molecule has 10 heteroatoms. The summed E-state index contributed by atoms with van der Waals surface area (Å²) in [7, 11) is 3.21. The van der Waals surface area contributed by atoms with Crippen LogP contribution in [0.2, 0.25) is 0 Å². The molecule has 0 bridgehead atoms. The highest BCUT2D eigenvalue weighted by Gasteiger charge is 2.12. The minimum atomic E-state index is -0.536. The monoisotopic (exact) mass is 419 g/mol. The zero-order valence-corrected chi connectivity index (χ0v) is 16.9. The van der Waals surface area contributed by atoms with Gasteiger partial charge in [-0.3, -0.25) is 14.6 Å². The van der Waals surface area contributed by atoms with Crippen LogP contribution in [0.25, 0.3) is 0 Å². The van der Waals surface area contributed by atoms with Crippen LogP contribution in [-0.2, 0) is 7.05 Å². The Morgan fingerprint density at radius 1 is 1.16 bits per heavy atom. The first-order valence-electron chi connectivity index (χ1n) is 9.18. The van der Waals surface area contributed by atoms with Crippen molar-refractivity contribution in [2.45, 2.75) is 0 Å². The summed E-state index contributed by atoms with van der Waals surface area (Å²) in [5, 5.41) is 5.61. The Labute approximate surface area is 178 Å². The molecule has 3 aromatic heterocycles. The molecule has 0 aliphatic carbocycles. The van der Waals surface area contributed by atoms with E-state index in [0.29, 0.717) is 23.0 Å². The number of hydrogen-bond donors (Lipinski definition) is 3. The van der Waals surface area contributed by atoms with Crippen LogP contribution in [0.3, 0.4) is 0 Å². The van der Waals surface area contributed by atoms with Crippen LogP contribution in [0.4, 0.5) is 11.6 Å². The van der Waals surface area contributed by atoms with Gasteiger partial charge in [0.25, 0.3) is 11.5 Å². The van der Waals surface area contributed by atoms with Gasteiger partial charge in [0, 0.05) is 45.0 Å². The lowest BCUT2D eigenvalue weighted by atomic mass is 10.2.